The lowest BCUT2D eigenvalue weighted by atomic mass is 10.1. The van der Waals surface area contributed by atoms with Crippen LogP contribution in [0, 0.1) is 0 Å². The molecule has 0 spiro atoms. The molecular formula is C42H44Cl2N6O8. The van der Waals surface area contributed by atoms with E-state index in [0.29, 0.717) is 94.8 Å². The Labute approximate surface area is 347 Å². The van der Waals surface area contributed by atoms with Crippen molar-refractivity contribution in [1.82, 2.24) is 19.9 Å². The highest BCUT2D eigenvalue weighted by molar-refractivity contribution is 6.30. The summed E-state index contributed by atoms with van der Waals surface area (Å²) in [4.78, 5) is 23.1. The van der Waals surface area contributed by atoms with Gasteiger partial charge in [-0.3, -0.25) is 0 Å². The number of ether oxygens (including phenoxy) is 8. The number of anilines is 2. The molecule has 0 atom stereocenters. The van der Waals surface area contributed by atoms with Crippen molar-refractivity contribution in [2.75, 3.05) is 66.7 Å². The van der Waals surface area contributed by atoms with Gasteiger partial charge in [0.1, 0.15) is 11.0 Å². The summed E-state index contributed by atoms with van der Waals surface area (Å²) in [5.74, 6) is 5.53. The number of methoxy groups -OCH3 is 8. The molecule has 14 nitrogen and oxygen atoms in total. The van der Waals surface area contributed by atoms with Crippen LogP contribution in [-0.4, -0.2) is 76.8 Å². The summed E-state index contributed by atoms with van der Waals surface area (Å²) in [5.41, 5.74) is 4.33. The zero-order valence-electron chi connectivity index (χ0n) is 33.5. The Hall–Kier alpha value is -6.12. The van der Waals surface area contributed by atoms with E-state index in [9.17, 15) is 0 Å². The van der Waals surface area contributed by atoms with Gasteiger partial charge in [-0.05, 0) is 94.0 Å². The van der Waals surface area contributed by atoms with Crippen LogP contribution >= 0.6 is 23.2 Å². The molecule has 0 aliphatic carbocycles. The highest BCUT2D eigenvalue weighted by Crippen LogP contribution is 2.38. The number of aromatic nitrogens is 4. The molecule has 0 bridgehead atoms. The molecule has 58 heavy (non-hydrogen) atoms. The Morgan fingerprint density at radius 1 is 0.362 bits per heavy atom. The third-order valence-corrected chi connectivity index (χ3v) is 9.68. The topological polar surface area (TPSA) is 132 Å². The van der Waals surface area contributed by atoms with Gasteiger partial charge in [-0.1, -0.05) is 24.3 Å². The highest BCUT2D eigenvalue weighted by atomic mass is 35.5. The van der Waals surface area contributed by atoms with Gasteiger partial charge >= 0.3 is 0 Å². The minimum atomic E-state index is -0.0171. The van der Waals surface area contributed by atoms with Crippen molar-refractivity contribution in [3.8, 4) is 46.0 Å². The molecule has 0 fully saturated rings. The fourth-order valence-corrected chi connectivity index (χ4v) is 6.91. The molecule has 4 aromatic carbocycles. The predicted octanol–water partition coefficient (Wildman–Crippen LogP) is 8.21. The SMILES string of the molecule is COc1ccc(CN(Cc2ccc(OC)c(OC)c2)c2nc(Cl)nc3c(N(Cc4ccc(OC)c(OC)c4)Cc4ccc(OC)c(OC)c4)nc(Cl)nc23)cc1OC. The van der Waals surface area contributed by atoms with Gasteiger partial charge in [0.2, 0.25) is 10.6 Å². The molecule has 16 heteroatoms. The molecule has 304 valence electrons. The van der Waals surface area contributed by atoms with Crippen LogP contribution in [-0.2, 0) is 26.2 Å². The average molecular weight is 832 g/mol. The summed E-state index contributed by atoms with van der Waals surface area (Å²) in [6.07, 6.45) is 0. The minimum absolute atomic E-state index is 0.0171. The van der Waals surface area contributed by atoms with Gasteiger partial charge in [-0.25, -0.2) is 9.97 Å². The van der Waals surface area contributed by atoms with Crippen molar-refractivity contribution in [2.45, 2.75) is 26.2 Å². The van der Waals surface area contributed by atoms with Crippen LogP contribution in [0.1, 0.15) is 22.3 Å². The Kier molecular flexibility index (Phi) is 13.5. The molecule has 0 unspecified atom stereocenters. The average Bonchev–Trinajstić information content (AvgIpc) is 3.25. The Bertz CT molecular complexity index is 2110. The standard InChI is InChI=1S/C42H44Cl2N6O8/c1-51-29-13-9-25(17-33(29)55-5)21-49(22-26-10-14-30(52-2)34(18-26)56-6)39-37-38(46-41(43)47-39)40(48-42(44)45-37)50(23-27-11-15-31(53-3)35(19-27)57-7)24-28-12-16-32(54-4)36(20-28)58-8/h9-20H,21-24H2,1-8H3. The van der Waals surface area contributed by atoms with E-state index in [1.807, 2.05) is 82.6 Å². The first-order valence-corrected chi connectivity index (χ1v) is 18.7. The first-order valence-electron chi connectivity index (χ1n) is 17.9. The summed E-state index contributed by atoms with van der Waals surface area (Å²) in [6.45, 7) is 1.37. The second-order valence-corrected chi connectivity index (χ2v) is 13.5. The molecule has 6 rings (SSSR count). The number of hydrogen-bond donors (Lipinski definition) is 0. The lowest BCUT2D eigenvalue weighted by Gasteiger charge is -2.28. The molecule has 0 N–H and O–H groups in total. The molecule has 2 aromatic heterocycles. The number of hydrogen-bond acceptors (Lipinski definition) is 14. The van der Waals surface area contributed by atoms with E-state index in [1.165, 1.54) is 0 Å². The van der Waals surface area contributed by atoms with Crippen molar-refractivity contribution in [3.05, 3.63) is 106 Å². The lowest BCUT2D eigenvalue weighted by Crippen LogP contribution is -2.26. The van der Waals surface area contributed by atoms with Crippen molar-refractivity contribution in [1.29, 1.82) is 0 Å². The highest BCUT2D eigenvalue weighted by Gasteiger charge is 2.25. The fourth-order valence-electron chi connectivity index (χ4n) is 6.58. The van der Waals surface area contributed by atoms with Crippen molar-refractivity contribution < 1.29 is 37.9 Å². The lowest BCUT2D eigenvalue weighted by molar-refractivity contribution is 0.354. The maximum Gasteiger partial charge on any atom is 0.225 e. The Morgan fingerprint density at radius 3 is 0.828 bits per heavy atom. The van der Waals surface area contributed by atoms with E-state index in [1.54, 1.807) is 56.9 Å². The maximum atomic E-state index is 6.84. The third kappa shape index (κ3) is 9.19. The Morgan fingerprint density at radius 2 is 0.603 bits per heavy atom. The van der Waals surface area contributed by atoms with Crippen LogP contribution in [0.4, 0.5) is 11.6 Å². The summed E-state index contributed by atoms with van der Waals surface area (Å²) in [5, 5.41) is -0.0343. The second-order valence-electron chi connectivity index (χ2n) is 12.8. The van der Waals surface area contributed by atoms with Crippen LogP contribution in [0.2, 0.25) is 10.6 Å². The smallest absolute Gasteiger partial charge is 0.225 e. The van der Waals surface area contributed by atoms with E-state index < -0.39 is 0 Å². The van der Waals surface area contributed by atoms with Crippen molar-refractivity contribution in [3.63, 3.8) is 0 Å². The largest absolute Gasteiger partial charge is 0.493 e. The van der Waals surface area contributed by atoms with Crippen LogP contribution in [0.3, 0.4) is 0 Å². The predicted molar refractivity (Wildman–Crippen MR) is 223 cm³/mol. The van der Waals surface area contributed by atoms with Crippen LogP contribution in [0.5, 0.6) is 46.0 Å². The van der Waals surface area contributed by atoms with E-state index in [-0.39, 0.29) is 10.6 Å². The van der Waals surface area contributed by atoms with Crippen LogP contribution in [0.15, 0.2) is 72.8 Å². The molecule has 0 saturated heterocycles. The third-order valence-electron chi connectivity index (χ3n) is 9.34. The van der Waals surface area contributed by atoms with Gasteiger partial charge in [0.05, 0.1) is 56.9 Å². The van der Waals surface area contributed by atoms with E-state index in [0.717, 1.165) is 22.3 Å². The van der Waals surface area contributed by atoms with Gasteiger partial charge < -0.3 is 47.7 Å². The number of nitrogens with zero attached hydrogens (tertiary/aromatic N) is 6. The quantitative estimate of drug-likeness (QED) is 0.0771. The number of rotatable bonds is 18. The van der Waals surface area contributed by atoms with Crippen LogP contribution < -0.4 is 47.7 Å². The van der Waals surface area contributed by atoms with Crippen molar-refractivity contribution in [2.24, 2.45) is 0 Å². The summed E-state index contributed by atoms with van der Waals surface area (Å²) in [6, 6.07) is 22.9. The molecule has 0 aliphatic rings. The molecule has 0 saturated carbocycles. The molecule has 0 aliphatic heterocycles. The molecular weight excluding hydrogens is 787 g/mol. The zero-order valence-corrected chi connectivity index (χ0v) is 35.0. The molecule has 6 aromatic rings. The second kappa shape index (κ2) is 18.9. The first kappa shape index (κ1) is 41.5. The monoisotopic (exact) mass is 830 g/mol. The van der Waals surface area contributed by atoms with Gasteiger partial charge in [0.25, 0.3) is 0 Å². The van der Waals surface area contributed by atoms with E-state index in [2.05, 4.69) is 0 Å². The van der Waals surface area contributed by atoms with E-state index >= 15 is 0 Å². The number of benzene rings is 4. The first-order chi connectivity index (χ1) is 28.1. The molecule has 2 heterocycles. The van der Waals surface area contributed by atoms with Gasteiger partial charge in [-0.2, -0.15) is 9.97 Å². The zero-order chi connectivity index (χ0) is 41.3. The maximum absolute atomic E-state index is 6.84. The summed E-state index contributed by atoms with van der Waals surface area (Å²) >= 11 is 13.7. The Balaban J connectivity index is 1.53. The summed E-state index contributed by atoms with van der Waals surface area (Å²) in [7, 11) is 12.8. The summed E-state index contributed by atoms with van der Waals surface area (Å²) < 4.78 is 44.6. The van der Waals surface area contributed by atoms with Gasteiger partial charge in [0.15, 0.2) is 57.6 Å². The molecule has 0 radical (unpaired) electrons. The van der Waals surface area contributed by atoms with Gasteiger partial charge in [-0.15, -0.1) is 0 Å². The van der Waals surface area contributed by atoms with E-state index in [4.69, 9.17) is 81.0 Å². The minimum Gasteiger partial charge on any atom is -0.493 e. The normalized spacial score (nSPS) is 10.9. The fraction of sp³-hybridized carbons (Fsp3) is 0.286. The number of fused-ring (bicyclic) bond motifs is 1. The van der Waals surface area contributed by atoms with Crippen LogP contribution in [0.25, 0.3) is 11.0 Å². The molecule has 0 amide bonds. The number of halogens is 2. The van der Waals surface area contributed by atoms with Gasteiger partial charge in [0, 0.05) is 26.2 Å². The van der Waals surface area contributed by atoms with Crippen molar-refractivity contribution >= 4 is 45.9 Å².